The van der Waals surface area contributed by atoms with Crippen LogP contribution in [0.2, 0.25) is 10.0 Å². The summed E-state index contributed by atoms with van der Waals surface area (Å²) in [5, 5.41) is 0.590. The highest BCUT2D eigenvalue weighted by Gasteiger charge is 2.43. The Labute approximate surface area is 127 Å². The average Bonchev–Trinajstić information content (AvgIpc) is 3.02. The summed E-state index contributed by atoms with van der Waals surface area (Å²) < 4.78 is 0. The van der Waals surface area contributed by atoms with Crippen LogP contribution in [0.25, 0.3) is 0 Å². The average molecular weight is 313 g/mol. The van der Waals surface area contributed by atoms with Gasteiger partial charge in [-0.3, -0.25) is 14.5 Å². The molecule has 0 saturated carbocycles. The van der Waals surface area contributed by atoms with E-state index < -0.39 is 0 Å². The van der Waals surface area contributed by atoms with Crippen LogP contribution in [0.1, 0.15) is 19.3 Å². The van der Waals surface area contributed by atoms with Crippen molar-refractivity contribution < 1.29 is 9.59 Å². The van der Waals surface area contributed by atoms with Gasteiger partial charge in [0.05, 0.1) is 28.2 Å². The third-order valence-corrected chi connectivity index (χ3v) is 4.69. The maximum atomic E-state index is 12.5. The molecule has 106 valence electrons. The second kappa shape index (κ2) is 5.35. The van der Waals surface area contributed by atoms with E-state index in [2.05, 4.69) is 4.90 Å². The van der Waals surface area contributed by atoms with Gasteiger partial charge in [-0.15, -0.1) is 0 Å². The predicted octanol–water partition coefficient (Wildman–Crippen LogP) is 2.72. The van der Waals surface area contributed by atoms with Crippen molar-refractivity contribution in [2.45, 2.75) is 25.3 Å². The van der Waals surface area contributed by atoms with Crippen LogP contribution in [0.5, 0.6) is 0 Å². The number of imide groups is 1. The highest BCUT2D eigenvalue weighted by atomic mass is 35.5. The van der Waals surface area contributed by atoms with Gasteiger partial charge in [-0.05, 0) is 38.1 Å². The number of benzene rings is 1. The number of anilines is 1. The first-order valence-electron chi connectivity index (χ1n) is 6.64. The zero-order valence-corrected chi connectivity index (χ0v) is 12.3. The quantitative estimate of drug-likeness (QED) is 0.788. The van der Waals surface area contributed by atoms with Crippen LogP contribution in [0.15, 0.2) is 18.2 Å². The van der Waals surface area contributed by atoms with Crippen LogP contribution in [0.3, 0.4) is 0 Å². The summed E-state index contributed by atoms with van der Waals surface area (Å²) in [6, 6.07) is 4.63. The standard InChI is InChI=1S/C14H14Cl2N2O2/c15-9-4-3-5-10(13(9)16)18-12(19)8-11(14(18)20)17-6-1-2-7-17/h3-5,11H,1-2,6-8H2. The summed E-state index contributed by atoms with van der Waals surface area (Å²) in [4.78, 5) is 28.0. The highest BCUT2D eigenvalue weighted by Crippen LogP contribution is 2.36. The molecule has 20 heavy (non-hydrogen) atoms. The Morgan fingerprint density at radius 1 is 1.10 bits per heavy atom. The number of halogens is 2. The van der Waals surface area contributed by atoms with Crippen molar-refractivity contribution in [3.05, 3.63) is 28.2 Å². The lowest BCUT2D eigenvalue weighted by atomic mass is 10.2. The van der Waals surface area contributed by atoms with Gasteiger partial charge < -0.3 is 0 Å². The van der Waals surface area contributed by atoms with Crippen LogP contribution in [-0.4, -0.2) is 35.8 Å². The van der Waals surface area contributed by atoms with Gasteiger partial charge in [0.1, 0.15) is 0 Å². The van der Waals surface area contributed by atoms with E-state index in [4.69, 9.17) is 23.2 Å². The van der Waals surface area contributed by atoms with E-state index in [0.29, 0.717) is 10.7 Å². The molecule has 6 heteroatoms. The van der Waals surface area contributed by atoms with Crippen molar-refractivity contribution in [1.82, 2.24) is 4.90 Å². The zero-order valence-electron chi connectivity index (χ0n) is 10.8. The Balaban J connectivity index is 1.92. The van der Waals surface area contributed by atoms with Crippen LogP contribution in [0, 0.1) is 0 Å². The fourth-order valence-corrected chi connectivity index (χ4v) is 3.25. The molecule has 2 aliphatic heterocycles. The van der Waals surface area contributed by atoms with Gasteiger partial charge in [0.25, 0.3) is 5.91 Å². The molecule has 2 saturated heterocycles. The van der Waals surface area contributed by atoms with Gasteiger partial charge in [0.2, 0.25) is 5.91 Å². The first kappa shape index (κ1) is 13.9. The Hall–Kier alpha value is -1.10. The second-order valence-electron chi connectivity index (χ2n) is 5.10. The Kier molecular flexibility index (Phi) is 3.71. The van der Waals surface area contributed by atoms with Crippen molar-refractivity contribution in [1.29, 1.82) is 0 Å². The number of likely N-dealkylation sites (tertiary alicyclic amines) is 1. The van der Waals surface area contributed by atoms with Crippen LogP contribution < -0.4 is 4.90 Å². The van der Waals surface area contributed by atoms with Gasteiger partial charge in [-0.25, -0.2) is 4.90 Å². The molecule has 0 aliphatic carbocycles. The topological polar surface area (TPSA) is 40.6 Å². The largest absolute Gasteiger partial charge is 0.292 e. The molecule has 4 nitrogen and oxygen atoms in total. The SMILES string of the molecule is O=C1CC(N2CCCC2)C(=O)N1c1cccc(Cl)c1Cl. The van der Waals surface area contributed by atoms with Crippen molar-refractivity contribution in [2.24, 2.45) is 0 Å². The molecule has 0 aromatic heterocycles. The van der Waals surface area contributed by atoms with Crippen molar-refractivity contribution in [3.8, 4) is 0 Å². The minimum Gasteiger partial charge on any atom is -0.292 e. The number of rotatable bonds is 2. The monoisotopic (exact) mass is 312 g/mol. The molecule has 2 heterocycles. The van der Waals surface area contributed by atoms with Crippen LogP contribution in [-0.2, 0) is 9.59 Å². The molecule has 2 aliphatic rings. The smallest absolute Gasteiger partial charge is 0.251 e. The predicted molar refractivity (Wildman–Crippen MR) is 78.2 cm³/mol. The number of carbonyl (C=O) groups excluding carboxylic acids is 2. The van der Waals surface area contributed by atoms with Crippen LogP contribution in [0.4, 0.5) is 5.69 Å². The van der Waals surface area contributed by atoms with E-state index in [0.717, 1.165) is 25.9 Å². The number of hydrogen-bond acceptors (Lipinski definition) is 3. The summed E-state index contributed by atoms with van der Waals surface area (Å²) >= 11 is 12.1. The zero-order chi connectivity index (χ0) is 14.3. The Bertz CT molecular complexity index is 570. The molecule has 2 amide bonds. The number of nitrogens with zero attached hydrogens (tertiary/aromatic N) is 2. The van der Waals surface area contributed by atoms with Gasteiger partial charge in [-0.1, -0.05) is 29.3 Å². The molecule has 1 aromatic carbocycles. The van der Waals surface area contributed by atoms with Crippen molar-refractivity contribution in [3.63, 3.8) is 0 Å². The molecule has 1 atom stereocenters. The lowest BCUT2D eigenvalue weighted by molar-refractivity contribution is -0.122. The van der Waals surface area contributed by atoms with Crippen molar-refractivity contribution >= 4 is 40.7 Å². The summed E-state index contributed by atoms with van der Waals surface area (Å²) in [6.07, 6.45) is 2.38. The maximum absolute atomic E-state index is 12.5. The van der Waals surface area contributed by atoms with Crippen LogP contribution >= 0.6 is 23.2 Å². The fraction of sp³-hybridized carbons (Fsp3) is 0.429. The highest BCUT2D eigenvalue weighted by molar-refractivity contribution is 6.44. The molecule has 2 fully saturated rings. The molecule has 0 bridgehead atoms. The third-order valence-electron chi connectivity index (χ3n) is 3.88. The van der Waals surface area contributed by atoms with E-state index >= 15 is 0 Å². The Morgan fingerprint density at radius 2 is 1.80 bits per heavy atom. The lowest BCUT2D eigenvalue weighted by Crippen LogP contribution is -2.40. The third kappa shape index (κ3) is 2.22. The summed E-state index contributed by atoms with van der Waals surface area (Å²) in [5.74, 6) is -0.405. The van der Waals surface area contributed by atoms with E-state index in [-0.39, 0.29) is 29.3 Å². The molecule has 0 spiro atoms. The van der Waals surface area contributed by atoms with Gasteiger partial charge in [0, 0.05) is 0 Å². The summed E-state index contributed by atoms with van der Waals surface area (Å²) in [7, 11) is 0. The first-order chi connectivity index (χ1) is 9.59. The molecule has 0 radical (unpaired) electrons. The summed E-state index contributed by atoms with van der Waals surface area (Å²) in [5.41, 5.74) is 0.385. The van der Waals surface area contributed by atoms with Gasteiger partial charge in [-0.2, -0.15) is 0 Å². The molecule has 3 rings (SSSR count). The summed E-state index contributed by atoms with van der Waals surface area (Å²) in [6.45, 7) is 1.75. The normalized spacial score (nSPS) is 23.9. The number of amides is 2. The molecule has 0 N–H and O–H groups in total. The second-order valence-corrected chi connectivity index (χ2v) is 5.89. The minimum atomic E-state index is -0.347. The Morgan fingerprint density at radius 3 is 2.50 bits per heavy atom. The van der Waals surface area contributed by atoms with E-state index in [1.54, 1.807) is 18.2 Å². The van der Waals surface area contributed by atoms with E-state index in [1.165, 1.54) is 4.90 Å². The molecule has 1 unspecified atom stereocenters. The molecular formula is C14H14Cl2N2O2. The van der Waals surface area contributed by atoms with E-state index in [1.807, 2.05) is 0 Å². The lowest BCUT2D eigenvalue weighted by Gasteiger charge is -2.22. The number of hydrogen-bond donors (Lipinski definition) is 0. The first-order valence-corrected chi connectivity index (χ1v) is 7.40. The van der Waals surface area contributed by atoms with E-state index in [9.17, 15) is 9.59 Å². The number of carbonyl (C=O) groups is 2. The van der Waals surface area contributed by atoms with Crippen molar-refractivity contribution in [2.75, 3.05) is 18.0 Å². The van der Waals surface area contributed by atoms with Gasteiger partial charge in [0.15, 0.2) is 0 Å². The fourth-order valence-electron chi connectivity index (χ4n) is 2.87. The molecular weight excluding hydrogens is 299 g/mol. The minimum absolute atomic E-state index is 0.193. The molecule has 1 aromatic rings. The maximum Gasteiger partial charge on any atom is 0.251 e. The van der Waals surface area contributed by atoms with Gasteiger partial charge >= 0.3 is 0 Å².